The standard InChI is InChI=1S/C7H15O2S2/c1-3-9-7(10-2)6-11-5-4-8/h7H,3-6H2,1-2H3. The number of thioether (sulfide) groups is 2. The molecule has 0 spiro atoms. The first-order valence-electron chi connectivity index (χ1n) is 3.65. The van der Waals surface area contributed by atoms with Crippen molar-refractivity contribution in [3.05, 3.63) is 0 Å². The molecular weight excluding hydrogens is 180 g/mol. The van der Waals surface area contributed by atoms with Crippen LogP contribution < -0.4 is 0 Å². The van der Waals surface area contributed by atoms with Gasteiger partial charge in [0, 0.05) is 18.1 Å². The van der Waals surface area contributed by atoms with Crippen LogP contribution in [0.5, 0.6) is 0 Å². The minimum atomic E-state index is 0.0118. The molecule has 11 heavy (non-hydrogen) atoms. The summed E-state index contributed by atoms with van der Waals surface area (Å²) in [6.45, 7) is 2.75. The third kappa shape index (κ3) is 7.00. The van der Waals surface area contributed by atoms with Gasteiger partial charge in [-0.2, -0.15) is 11.8 Å². The Bertz CT molecular complexity index is 80.8. The quantitative estimate of drug-likeness (QED) is 0.459. The summed E-state index contributed by atoms with van der Waals surface area (Å²) in [5.41, 5.74) is 0.261. The molecule has 0 saturated carbocycles. The average molecular weight is 195 g/mol. The highest BCUT2D eigenvalue weighted by Gasteiger charge is 2.04. The minimum absolute atomic E-state index is 0.0118. The van der Waals surface area contributed by atoms with E-state index in [1.807, 2.05) is 13.2 Å². The first-order valence-corrected chi connectivity index (χ1v) is 6.09. The smallest absolute Gasteiger partial charge is 0.111 e. The van der Waals surface area contributed by atoms with Crippen LogP contribution in [0.3, 0.4) is 0 Å². The second kappa shape index (κ2) is 8.71. The van der Waals surface area contributed by atoms with Crippen molar-refractivity contribution in [2.45, 2.75) is 12.4 Å². The molecule has 0 heterocycles. The summed E-state index contributed by atoms with van der Waals surface area (Å²) >= 11 is 3.37. The van der Waals surface area contributed by atoms with Crippen molar-refractivity contribution < 1.29 is 9.84 Å². The summed E-state index contributed by atoms with van der Waals surface area (Å²) in [5, 5.41) is 10.1. The number of hydrogen-bond acceptors (Lipinski definition) is 3. The second-order valence-electron chi connectivity index (χ2n) is 1.90. The van der Waals surface area contributed by atoms with Gasteiger partial charge in [0.2, 0.25) is 0 Å². The van der Waals surface area contributed by atoms with Gasteiger partial charge >= 0.3 is 0 Å². The molecule has 0 rings (SSSR count). The maximum absolute atomic E-state index is 10.1. The Morgan fingerprint density at radius 2 is 2.27 bits per heavy atom. The van der Waals surface area contributed by atoms with Crippen LogP contribution in [0, 0.1) is 0 Å². The normalized spacial score (nSPS) is 13.4. The van der Waals surface area contributed by atoms with Gasteiger partial charge in [0.15, 0.2) is 0 Å². The fourth-order valence-electron chi connectivity index (χ4n) is 0.609. The van der Waals surface area contributed by atoms with Crippen LogP contribution in [-0.4, -0.2) is 36.4 Å². The first kappa shape index (κ1) is 11.6. The number of ether oxygens (including phenoxy) is 1. The van der Waals surface area contributed by atoms with Crippen LogP contribution in [0.4, 0.5) is 0 Å². The monoisotopic (exact) mass is 195 g/mol. The van der Waals surface area contributed by atoms with Gasteiger partial charge in [0.25, 0.3) is 0 Å². The fraction of sp³-hybridized carbons (Fsp3) is 1.00. The van der Waals surface area contributed by atoms with Crippen molar-refractivity contribution in [2.24, 2.45) is 0 Å². The topological polar surface area (TPSA) is 29.1 Å². The molecule has 0 N–H and O–H groups in total. The molecule has 4 heteroatoms. The van der Waals surface area contributed by atoms with E-state index >= 15 is 0 Å². The van der Waals surface area contributed by atoms with E-state index in [9.17, 15) is 5.11 Å². The fourth-order valence-corrected chi connectivity index (χ4v) is 2.29. The zero-order chi connectivity index (χ0) is 8.53. The van der Waals surface area contributed by atoms with Gasteiger partial charge in [-0.25, -0.2) is 5.11 Å². The lowest BCUT2D eigenvalue weighted by atomic mass is 10.8. The first-order chi connectivity index (χ1) is 5.35. The molecule has 0 aliphatic heterocycles. The zero-order valence-electron chi connectivity index (χ0n) is 7.04. The third-order valence-corrected chi connectivity index (χ3v) is 3.13. The Labute approximate surface area is 77.1 Å². The maximum atomic E-state index is 10.1. The summed E-state index contributed by atoms with van der Waals surface area (Å²) < 4.78 is 5.38. The Kier molecular flexibility index (Phi) is 9.21. The lowest BCUT2D eigenvalue weighted by Gasteiger charge is -2.12. The molecular formula is C7H15O2S2. The van der Waals surface area contributed by atoms with Crippen molar-refractivity contribution in [1.29, 1.82) is 0 Å². The Hall–Kier alpha value is 0.620. The molecule has 0 amide bonds. The Balaban J connectivity index is 3.20. The molecule has 1 radical (unpaired) electrons. The van der Waals surface area contributed by atoms with E-state index in [-0.39, 0.29) is 12.0 Å². The predicted molar refractivity (Wildman–Crippen MR) is 51.8 cm³/mol. The summed E-state index contributed by atoms with van der Waals surface area (Å²) in [4.78, 5) is 0. The summed E-state index contributed by atoms with van der Waals surface area (Å²) in [7, 11) is 0. The van der Waals surface area contributed by atoms with E-state index in [1.54, 1.807) is 23.5 Å². The zero-order valence-corrected chi connectivity index (χ0v) is 8.67. The van der Waals surface area contributed by atoms with Gasteiger partial charge in [-0.15, -0.1) is 11.8 Å². The van der Waals surface area contributed by atoms with Gasteiger partial charge in [0.1, 0.15) is 5.44 Å². The highest BCUT2D eigenvalue weighted by molar-refractivity contribution is 8.02. The van der Waals surface area contributed by atoms with Crippen molar-refractivity contribution in [3.8, 4) is 0 Å². The molecule has 0 aromatic carbocycles. The summed E-state index contributed by atoms with van der Waals surface area (Å²) in [5.74, 6) is 1.63. The van der Waals surface area contributed by atoms with E-state index in [0.29, 0.717) is 5.75 Å². The average Bonchev–Trinajstić information content (AvgIpc) is 2.03. The highest BCUT2D eigenvalue weighted by atomic mass is 32.2. The lowest BCUT2D eigenvalue weighted by Crippen LogP contribution is -2.11. The summed E-state index contributed by atoms with van der Waals surface area (Å²) in [6.07, 6.45) is 2.03. The summed E-state index contributed by atoms with van der Waals surface area (Å²) in [6, 6.07) is 0. The third-order valence-electron chi connectivity index (χ3n) is 1.10. The van der Waals surface area contributed by atoms with Gasteiger partial charge in [-0.05, 0) is 13.2 Å². The van der Waals surface area contributed by atoms with E-state index in [1.165, 1.54) is 0 Å². The number of hydrogen-bond donors (Lipinski definition) is 0. The van der Waals surface area contributed by atoms with Crippen LogP contribution in [0.25, 0.3) is 0 Å². The molecule has 1 atom stereocenters. The molecule has 0 aliphatic rings. The van der Waals surface area contributed by atoms with Crippen molar-refractivity contribution >= 4 is 23.5 Å². The van der Waals surface area contributed by atoms with Crippen LogP contribution >= 0.6 is 23.5 Å². The molecule has 67 valence electrons. The molecule has 0 bridgehead atoms. The SMILES string of the molecule is CCOC(CSCC[O])SC. The van der Waals surface area contributed by atoms with Gasteiger partial charge < -0.3 is 4.74 Å². The molecule has 0 aliphatic carbocycles. The lowest BCUT2D eigenvalue weighted by molar-refractivity contribution is 0.140. The number of rotatable bonds is 7. The largest absolute Gasteiger partial charge is 0.367 e. The molecule has 0 saturated heterocycles. The minimum Gasteiger partial charge on any atom is -0.367 e. The van der Waals surface area contributed by atoms with Crippen LogP contribution in [0.15, 0.2) is 0 Å². The van der Waals surface area contributed by atoms with E-state index in [0.717, 1.165) is 12.4 Å². The van der Waals surface area contributed by atoms with Gasteiger partial charge in [-0.3, -0.25) is 0 Å². The second-order valence-corrected chi connectivity index (χ2v) is 4.05. The molecule has 0 aromatic rings. The van der Waals surface area contributed by atoms with Gasteiger partial charge in [0.05, 0.1) is 6.61 Å². The molecule has 1 unspecified atom stereocenters. The molecule has 0 aromatic heterocycles. The van der Waals surface area contributed by atoms with Crippen molar-refractivity contribution in [3.63, 3.8) is 0 Å². The molecule has 2 nitrogen and oxygen atoms in total. The van der Waals surface area contributed by atoms with Crippen molar-refractivity contribution in [2.75, 3.05) is 31.0 Å². The van der Waals surface area contributed by atoms with Gasteiger partial charge in [-0.1, -0.05) is 0 Å². The van der Waals surface area contributed by atoms with Crippen LogP contribution in [-0.2, 0) is 9.84 Å². The van der Waals surface area contributed by atoms with Crippen molar-refractivity contribution in [1.82, 2.24) is 0 Å². The van der Waals surface area contributed by atoms with Crippen LogP contribution in [0.2, 0.25) is 0 Å². The Morgan fingerprint density at radius 1 is 1.55 bits per heavy atom. The van der Waals surface area contributed by atoms with E-state index in [4.69, 9.17) is 4.74 Å². The van der Waals surface area contributed by atoms with E-state index in [2.05, 4.69) is 0 Å². The highest BCUT2D eigenvalue weighted by Crippen LogP contribution is 2.14. The van der Waals surface area contributed by atoms with E-state index < -0.39 is 0 Å². The molecule has 0 fully saturated rings. The Morgan fingerprint density at radius 3 is 2.73 bits per heavy atom. The van der Waals surface area contributed by atoms with Crippen LogP contribution in [0.1, 0.15) is 6.92 Å². The predicted octanol–water partition coefficient (Wildman–Crippen LogP) is 1.88. The maximum Gasteiger partial charge on any atom is 0.111 e.